The van der Waals surface area contributed by atoms with E-state index in [0.29, 0.717) is 16.8 Å². The molecule has 2 heterocycles. The molecule has 6 heteroatoms. The number of rotatable bonds is 3. The minimum Gasteiger partial charge on any atom is -0.478 e. The van der Waals surface area contributed by atoms with Crippen LogP contribution >= 0.6 is 0 Å². The number of carbonyl (C=O) groups is 1. The Morgan fingerprint density at radius 2 is 2.15 bits per heavy atom. The third-order valence-corrected chi connectivity index (χ3v) is 2.85. The molecule has 0 saturated heterocycles. The summed E-state index contributed by atoms with van der Waals surface area (Å²) in [5.74, 6) is -1.39. The van der Waals surface area contributed by atoms with Gasteiger partial charge in [0, 0.05) is 6.20 Å². The number of aromatic carboxylic acids is 1. The fourth-order valence-corrected chi connectivity index (χ4v) is 1.87. The van der Waals surface area contributed by atoms with Gasteiger partial charge in [-0.1, -0.05) is 0 Å². The summed E-state index contributed by atoms with van der Waals surface area (Å²) in [5.41, 5.74) is 0.670. The Morgan fingerprint density at radius 3 is 2.90 bits per heavy atom. The van der Waals surface area contributed by atoms with Gasteiger partial charge >= 0.3 is 5.97 Å². The summed E-state index contributed by atoms with van der Waals surface area (Å²) < 4.78 is 19.1. The Bertz CT molecular complexity index is 798. The van der Waals surface area contributed by atoms with E-state index < -0.39 is 11.8 Å². The van der Waals surface area contributed by atoms with Gasteiger partial charge in [0.15, 0.2) is 0 Å². The average molecular weight is 272 g/mol. The zero-order valence-corrected chi connectivity index (χ0v) is 10.1. The van der Waals surface area contributed by atoms with Gasteiger partial charge in [-0.05, 0) is 30.3 Å². The van der Waals surface area contributed by atoms with Crippen molar-refractivity contribution in [1.82, 2.24) is 4.98 Å². The molecule has 100 valence electrons. The van der Waals surface area contributed by atoms with Crippen LogP contribution in [-0.2, 0) is 0 Å². The number of anilines is 2. The largest absolute Gasteiger partial charge is 0.478 e. The minimum atomic E-state index is -1.18. The molecule has 0 aliphatic heterocycles. The molecule has 0 aliphatic carbocycles. The van der Waals surface area contributed by atoms with E-state index in [9.17, 15) is 9.18 Å². The molecular formula is C14H9FN2O3. The van der Waals surface area contributed by atoms with Crippen LogP contribution in [0, 0.1) is 5.82 Å². The lowest BCUT2D eigenvalue weighted by Crippen LogP contribution is -2.00. The van der Waals surface area contributed by atoms with Gasteiger partial charge in [0.05, 0.1) is 22.9 Å². The first kappa shape index (κ1) is 12.2. The van der Waals surface area contributed by atoms with E-state index in [1.54, 1.807) is 12.1 Å². The van der Waals surface area contributed by atoms with Crippen LogP contribution in [0.1, 0.15) is 10.4 Å². The number of nitrogens with zero attached hydrogens (tertiary/aromatic N) is 1. The molecule has 0 amide bonds. The van der Waals surface area contributed by atoms with Crippen molar-refractivity contribution in [2.75, 3.05) is 5.32 Å². The van der Waals surface area contributed by atoms with E-state index >= 15 is 0 Å². The normalized spacial score (nSPS) is 10.7. The maximum absolute atomic E-state index is 13.8. The first-order valence-corrected chi connectivity index (χ1v) is 5.77. The number of benzene rings is 1. The van der Waals surface area contributed by atoms with Crippen LogP contribution in [-0.4, -0.2) is 16.1 Å². The number of carboxylic acid groups (broad SMARTS) is 1. The van der Waals surface area contributed by atoms with Crippen LogP contribution in [0.3, 0.4) is 0 Å². The molecule has 0 spiro atoms. The molecule has 2 N–H and O–H groups in total. The highest BCUT2D eigenvalue weighted by Crippen LogP contribution is 2.26. The van der Waals surface area contributed by atoms with Crippen molar-refractivity contribution in [1.29, 1.82) is 0 Å². The molecule has 3 rings (SSSR count). The maximum Gasteiger partial charge on any atom is 0.335 e. The fraction of sp³-hybridized carbons (Fsp3) is 0. The molecular weight excluding hydrogens is 263 g/mol. The Balaban J connectivity index is 1.99. The minimum absolute atomic E-state index is 0.109. The molecule has 0 aliphatic rings. The molecule has 0 unspecified atom stereocenters. The number of fused-ring (bicyclic) bond motifs is 1. The first-order chi connectivity index (χ1) is 9.65. The molecule has 1 aromatic carbocycles. The zero-order chi connectivity index (χ0) is 14.1. The highest BCUT2D eigenvalue weighted by molar-refractivity contribution is 5.91. The predicted molar refractivity (Wildman–Crippen MR) is 70.7 cm³/mol. The lowest BCUT2D eigenvalue weighted by molar-refractivity contribution is 0.0696. The van der Waals surface area contributed by atoms with E-state index in [4.69, 9.17) is 9.52 Å². The summed E-state index contributed by atoms with van der Waals surface area (Å²) >= 11 is 0. The van der Waals surface area contributed by atoms with Gasteiger partial charge in [-0.15, -0.1) is 0 Å². The van der Waals surface area contributed by atoms with Gasteiger partial charge in [0.2, 0.25) is 0 Å². The van der Waals surface area contributed by atoms with Crippen LogP contribution in [0.25, 0.3) is 11.0 Å². The van der Waals surface area contributed by atoms with Gasteiger partial charge < -0.3 is 14.8 Å². The topological polar surface area (TPSA) is 75.4 Å². The number of aromatic nitrogens is 1. The maximum atomic E-state index is 13.8. The van der Waals surface area contributed by atoms with Crippen molar-refractivity contribution >= 4 is 28.4 Å². The Labute approximate surface area is 112 Å². The second-order valence-corrected chi connectivity index (χ2v) is 4.12. The summed E-state index contributed by atoms with van der Waals surface area (Å²) in [6.07, 6.45) is 3.05. The van der Waals surface area contributed by atoms with E-state index in [-0.39, 0.29) is 11.3 Å². The molecule has 5 nitrogen and oxygen atoms in total. The lowest BCUT2D eigenvalue weighted by atomic mass is 10.2. The third kappa shape index (κ3) is 2.07. The van der Waals surface area contributed by atoms with Crippen LogP contribution in [0.4, 0.5) is 15.9 Å². The molecule has 2 aromatic heterocycles. The lowest BCUT2D eigenvalue weighted by Gasteiger charge is -2.08. The monoisotopic (exact) mass is 272 g/mol. The zero-order valence-electron chi connectivity index (χ0n) is 10.1. The Kier molecular flexibility index (Phi) is 2.83. The summed E-state index contributed by atoms with van der Waals surface area (Å²) in [7, 11) is 0. The summed E-state index contributed by atoms with van der Waals surface area (Å²) in [6.45, 7) is 0. The number of carboxylic acids is 1. The number of hydrogen-bond acceptors (Lipinski definition) is 4. The first-order valence-electron chi connectivity index (χ1n) is 5.77. The molecule has 20 heavy (non-hydrogen) atoms. The van der Waals surface area contributed by atoms with Gasteiger partial charge in [-0.3, -0.25) is 0 Å². The predicted octanol–water partition coefficient (Wildman–Crippen LogP) is 3.41. The summed E-state index contributed by atoms with van der Waals surface area (Å²) in [4.78, 5) is 14.9. The second kappa shape index (κ2) is 4.65. The molecule has 0 fully saturated rings. The van der Waals surface area contributed by atoms with Gasteiger partial charge in [0.1, 0.15) is 17.2 Å². The molecule has 0 bridgehead atoms. The number of halogens is 1. The average Bonchev–Trinajstić information content (AvgIpc) is 2.90. The highest BCUT2D eigenvalue weighted by atomic mass is 19.1. The highest BCUT2D eigenvalue weighted by Gasteiger charge is 2.11. The van der Waals surface area contributed by atoms with Crippen molar-refractivity contribution in [3.05, 3.63) is 54.2 Å². The number of furan rings is 1. The van der Waals surface area contributed by atoms with E-state index in [2.05, 4.69) is 10.3 Å². The van der Waals surface area contributed by atoms with Crippen molar-refractivity contribution in [3.8, 4) is 0 Å². The van der Waals surface area contributed by atoms with Crippen LogP contribution < -0.4 is 5.32 Å². The Hall–Kier alpha value is -2.89. The second-order valence-electron chi connectivity index (χ2n) is 4.12. The SMILES string of the molecule is O=C(O)c1ccc(Nc2nccc3occc23)c(F)c1. The smallest absolute Gasteiger partial charge is 0.335 e. The molecule has 3 aromatic rings. The Morgan fingerprint density at radius 1 is 1.30 bits per heavy atom. The molecule has 0 radical (unpaired) electrons. The van der Waals surface area contributed by atoms with E-state index in [1.165, 1.54) is 24.6 Å². The third-order valence-electron chi connectivity index (χ3n) is 2.85. The quantitative estimate of drug-likeness (QED) is 0.764. The standard InChI is InChI=1S/C14H9FN2O3/c15-10-7-8(14(18)19)1-2-11(10)17-13-9-4-6-20-12(9)3-5-16-13/h1-7H,(H,16,17)(H,18,19). The van der Waals surface area contributed by atoms with E-state index in [1.807, 2.05) is 0 Å². The summed E-state index contributed by atoms with van der Waals surface area (Å²) in [5, 5.41) is 12.3. The van der Waals surface area contributed by atoms with Gasteiger partial charge in [-0.2, -0.15) is 0 Å². The number of pyridine rings is 1. The van der Waals surface area contributed by atoms with E-state index in [0.717, 1.165) is 6.07 Å². The van der Waals surface area contributed by atoms with Crippen LogP contribution in [0.15, 0.2) is 47.2 Å². The fourth-order valence-electron chi connectivity index (χ4n) is 1.87. The van der Waals surface area contributed by atoms with Crippen LogP contribution in [0.5, 0.6) is 0 Å². The number of nitrogens with one attached hydrogen (secondary N) is 1. The van der Waals surface area contributed by atoms with Gasteiger partial charge in [-0.25, -0.2) is 14.2 Å². The van der Waals surface area contributed by atoms with Crippen molar-refractivity contribution < 1.29 is 18.7 Å². The van der Waals surface area contributed by atoms with Gasteiger partial charge in [0.25, 0.3) is 0 Å². The van der Waals surface area contributed by atoms with Crippen molar-refractivity contribution in [3.63, 3.8) is 0 Å². The molecule has 0 saturated carbocycles. The number of hydrogen-bond donors (Lipinski definition) is 2. The molecule has 0 atom stereocenters. The van der Waals surface area contributed by atoms with Crippen LogP contribution in [0.2, 0.25) is 0 Å². The summed E-state index contributed by atoms with van der Waals surface area (Å²) in [6, 6.07) is 7.06. The van der Waals surface area contributed by atoms with Crippen molar-refractivity contribution in [2.45, 2.75) is 0 Å². The van der Waals surface area contributed by atoms with Crippen molar-refractivity contribution in [2.24, 2.45) is 0 Å².